The van der Waals surface area contributed by atoms with Crippen molar-refractivity contribution in [1.29, 1.82) is 0 Å². The summed E-state index contributed by atoms with van der Waals surface area (Å²) in [6.45, 7) is 0.366. The van der Waals surface area contributed by atoms with E-state index in [0.717, 1.165) is 45.0 Å². The van der Waals surface area contributed by atoms with Crippen LogP contribution in [0.15, 0.2) is 58.3 Å². The predicted molar refractivity (Wildman–Crippen MR) is 117 cm³/mol. The molecular formula is C19H24BN3O6S2. The van der Waals surface area contributed by atoms with Gasteiger partial charge in [0.05, 0.1) is 56.8 Å². The number of nitrogens with two attached hydrogens (primary N) is 2. The number of ether oxygens (including phenoxy) is 1. The third-order valence-corrected chi connectivity index (χ3v) is 6.22. The van der Waals surface area contributed by atoms with Crippen LogP contribution in [0.4, 0.5) is 0 Å². The SMILES string of the molecule is [B]CN[C@@H]1CO[C@H](C(c2ccc(SOON)cc2)c2ccc(SOON)cc2)CC1O. The van der Waals surface area contributed by atoms with Crippen LogP contribution in [0.1, 0.15) is 23.5 Å². The number of hydrogen-bond acceptors (Lipinski definition) is 11. The highest BCUT2D eigenvalue weighted by molar-refractivity contribution is 7.94. The van der Waals surface area contributed by atoms with E-state index in [1.165, 1.54) is 0 Å². The van der Waals surface area contributed by atoms with E-state index in [2.05, 4.69) is 15.3 Å². The first-order valence-electron chi connectivity index (χ1n) is 9.49. The molecule has 1 saturated heterocycles. The van der Waals surface area contributed by atoms with E-state index >= 15 is 0 Å². The maximum Gasteiger partial charge on any atom is 0.0859 e. The van der Waals surface area contributed by atoms with Gasteiger partial charge in [-0.2, -0.15) is 11.8 Å². The van der Waals surface area contributed by atoms with Gasteiger partial charge in [0.25, 0.3) is 0 Å². The summed E-state index contributed by atoms with van der Waals surface area (Å²) < 4.78 is 15.6. The molecule has 3 rings (SSSR count). The molecule has 0 aromatic heterocycles. The molecule has 0 aliphatic carbocycles. The fourth-order valence-corrected chi connectivity index (χ4v) is 4.32. The number of benzene rings is 2. The lowest BCUT2D eigenvalue weighted by molar-refractivity contribution is -0.195. The van der Waals surface area contributed by atoms with E-state index in [-0.39, 0.29) is 24.5 Å². The molecule has 0 amide bonds. The lowest BCUT2D eigenvalue weighted by Gasteiger charge is -2.38. The van der Waals surface area contributed by atoms with Crippen LogP contribution >= 0.6 is 24.1 Å². The van der Waals surface area contributed by atoms with Gasteiger partial charge in [-0.25, -0.2) is 0 Å². The average Bonchev–Trinajstić information content (AvgIpc) is 2.80. The molecule has 1 unspecified atom stereocenters. The van der Waals surface area contributed by atoms with Gasteiger partial charge in [0.15, 0.2) is 0 Å². The summed E-state index contributed by atoms with van der Waals surface area (Å²) in [5.41, 5.74) is 2.06. The summed E-state index contributed by atoms with van der Waals surface area (Å²) in [4.78, 5) is 9.94. The van der Waals surface area contributed by atoms with E-state index < -0.39 is 6.10 Å². The number of nitrogens with one attached hydrogen (secondary N) is 1. The summed E-state index contributed by atoms with van der Waals surface area (Å²) in [6, 6.07) is 15.4. The molecule has 1 aliphatic rings. The molecule has 31 heavy (non-hydrogen) atoms. The van der Waals surface area contributed by atoms with Crippen LogP contribution < -0.4 is 17.1 Å². The molecule has 6 N–H and O–H groups in total. The van der Waals surface area contributed by atoms with Crippen LogP contribution in [0, 0.1) is 0 Å². The van der Waals surface area contributed by atoms with Gasteiger partial charge in [-0.3, -0.25) is 0 Å². The Labute approximate surface area is 190 Å². The summed E-state index contributed by atoms with van der Waals surface area (Å²) in [6.07, 6.45) is -0.0563. The Hall–Kier alpha value is -1.16. The monoisotopic (exact) mass is 465 g/mol. The average molecular weight is 465 g/mol. The first kappa shape index (κ1) is 24.5. The largest absolute Gasteiger partial charge is 0.391 e. The molecule has 0 bridgehead atoms. The molecule has 2 radical (unpaired) electrons. The zero-order valence-corrected chi connectivity index (χ0v) is 18.2. The first-order valence-corrected chi connectivity index (χ1v) is 11.0. The van der Waals surface area contributed by atoms with Crippen molar-refractivity contribution in [3.05, 3.63) is 59.7 Å². The number of hydrogen-bond donors (Lipinski definition) is 4. The molecule has 12 heteroatoms. The van der Waals surface area contributed by atoms with Crippen molar-refractivity contribution < 1.29 is 28.5 Å². The smallest absolute Gasteiger partial charge is 0.0859 e. The van der Waals surface area contributed by atoms with E-state index in [4.69, 9.17) is 33.0 Å². The first-order chi connectivity index (χ1) is 15.2. The van der Waals surface area contributed by atoms with E-state index in [1.807, 2.05) is 48.5 Å². The van der Waals surface area contributed by atoms with Crippen LogP contribution in [-0.4, -0.2) is 44.3 Å². The van der Waals surface area contributed by atoms with Gasteiger partial charge < -0.3 is 15.2 Å². The molecule has 1 heterocycles. The summed E-state index contributed by atoms with van der Waals surface area (Å²) in [7, 11) is 5.56. The standard InChI is InChI=1S/C19H24BN3O6S2/c20-11-23-16-10-25-18(9-17(16)24)19(12-1-5-14(6-2-12)30-28-26-21)13-3-7-15(8-4-13)31-29-27-22/h1-8,16-19,23-24H,9-11,21-22H2/t16-,17?,18+/m1/s1. The second-order valence-corrected chi connectivity index (χ2v) is 8.35. The van der Waals surface area contributed by atoms with Crippen LogP contribution in [0.3, 0.4) is 0 Å². The van der Waals surface area contributed by atoms with Gasteiger partial charge >= 0.3 is 0 Å². The topological polar surface area (TPSA) is 130 Å². The maximum absolute atomic E-state index is 10.6. The van der Waals surface area contributed by atoms with Gasteiger partial charge in [0.1, 0.15) is 0 Å². The van der Waals surface area contributed by atoms with Gasteiger partial charge in [0.2, 0.25) is 0 Å². The predicted octanol–water partition coefficient (Wildman–Crippen LogP) is 1.71. The Bertz CT molecular complexity index is 738. The van der Waals surface area contributed by atoms with Crippen LogP contribution in [0.25, 0.3) is 0 Å². The van der Waals surface area contributed by atoms with Gasteiger partial charge in [-0.15, -0.1) is 18.6 Å². The van der Waals surface area contributed by atoms with Crippen molar-refractivity contribution in [2.75, 3.05) is 13.1 Å². The van der Waals surface area contributed by atoms with Crippen molar-refractivity contribution in [3.63, 3.8) is 0 Å². The van der Waals surface area contributed by atoms with Gasteiger partial charge in [0, 0.05) is 22.1 Å². The van der Waals surface area contributed by atoms with Crippen molar-refractivity contribution >= 4 is 31.9 Å². The molecule has 166 valence electrons. The Morgan fingerprint density at radius 3 is 1.94 bits per heavy atom. The van der Waals surface area contributed by atoms with Crippen LogP contribution in [0.2, 0.25) is 0 Å². The van der Waals surface area contributed by atoms with E-state index in [1.54, 1.807) is 0 Å². The zero-order chi connectivity index (χ0) is 22.1. The highest BCUT2D eigenvalue weighted by Crippen LogP contribution is 2.36. The number of aliphatic hydroxyl groups excluding tert-OH is 1. The Morgan fingerprint density at radius 1 is 1.00 bits per heavy atom. The minimum atomic E-state index is -0.570. The molecule has 0 spiro atoms. The third kappa shape index (κ3) is 6.91. The fourth-order valence-electron chi connectivity index (χ4n) is 3.59. The second kappa shape index (κ2) is 12.8. The van der Waals surface area contributed by atoms with Gasteiger partial charge in [-0.05, 0) is 41.8 Å². The molecular weight excluding hydrogens is 441 g/mol. The minimum Gasteiger partial charge on any atom is -0.391 e. The van der Waals surface area contributed by atoms with Gasteiger partial charge in [-0.1, -0.05) is 24.3 Å². The lowest BCUT2D eigenvalue weighted by atomic mass is 9.82. The molecule has 3 atom stereocenters. The number of rotatable bonds is 11. The minimum absolute atomic E-state index is 0.107. The van der Waals surface area contributed by atoms with Crippen molar-refractivity contribution in [1.82, 2.24) is 5.32 Å². The van der Waals surface area contributed by atoms with Crippen molar-refractivity contribution in [2.45, 2.75) is 40.4 Å². The summed E-state index contributed by atoms with van der Waals surface area (Å²) in [5.74, 6) is 9.68. The van der Waals surface area contributed by atoms with Crippen LogP contribution in [0.5, 0.6) is 0 Å². The number of aliphatic hydroxyl groups is 1. The summed E-state index contributed by atoms with van der Waals surface area (Å²) in [5, 5.41) is 13.7. The highest BCUT2D eigenvalue weighted by Gasteiger charge is 2.35. The third-order valence-electron chi connectivity index (χ3n) is 5.00. The second-order valence-electron chi connectivity index (χ2n) is 6.80. The zero-order valence-electron chi connectivity index (χ0n) is 16.6. The fraction of sp³-hybridized carbons (Fsp3) is 0.368. The lowest BCUT2D eigenvalue weighted by Crippen LogP contribution is -2.51. The molecule has 2 aromatic rings. The highest BCUT2D eigenvalue weighted by atomic mass is 32.2. The normalized spacial score (nSPS) is 21.5. The molecule has 1 aliphatic heterocycles. The van der Waals surface area contributed by atoms with Crippen molar-refractivity contribution in [3.8, 4) is 0 Å². The summed E-state index contributed by atoms with van der Waals surface area (Å²) >= 11 is 2.02. The Morgan fingerprint density at radius 2 is 1.52 bits per heavy atom. The van der Waals surface area contributed by atoms with E-state index in [0.29, 0.717) is 13.0 Å². The molecule has 2 aromatic carbocycles. The molecule has 0 saturated carbocycles. The van der Waals surface area contributed by atoms with Crippen LogP contribution in [-0.2, 0) is 23.4 Å². The Kier molecular flexibility index (Phi) is 10.1. The van der Waals surface area contributed by atoms with Crippen molar-refractivity contribution in [2.24, 2.45) is 11.8 Å². The Balaban J connectivity index is 1.83. The molecule has 9 nitrogen and oxygen atoms in total. The van der Waals surface area contributed by atoms with E-state index in [9.17, 15) is 5.11 Å². The quantitative estimate of drug-likeness (QED) is 0.167. The maximum atomic E-state index is 10.6. The molecule has 1 fully saturated rings.